The minimum atomic E-state index is -0.290. The molecular formula is C10H9ClN2O3. The van der Waals surface area contributed by atoms with E-state index in [1.807, 2.05) is 0 Å². The lowest BCUT2D eigenvalue weighted by Gasteiger charge is -2.18. The third-order valence-corrected chi connectivity index (χ3v) is 2.26. The molecule has 0 spiro atoms. The minimum Gasteiger partial charge on any atom is -0.482 e. The van der Waals surface area contributed by atoms with Crippen LogP contribution in [0.2, 0.25) is 0 Å². The molecule has 0 bridgehead atoms. The number of fused-ring (bicyclic) bond motifs is 1. The summed E-state index contributed by atoms with van der Waals surface area (Å²) in [5.41, 5.74) is 1.18. The van der Waals surface area contributed by atoms with Crippen molar-refractivity contribution >= 4 is 34.8 Å². The fourth-order valence-electron chi connectivity index (χ4n) is 1.35. The Bertz CT molecular complexity index is 448. The highest BCUT2D eigenvalue weighted by Gasteiger charge is 2.16. The molecule has 2 amide bonds. The Kier molecular flexibility index (Phi) is 2.96. The maximum absolute atomic E-state index is 11.0. The predicted molar refractivity (Wildman–Crippen MR) is 59.9 cm³/mol. The predicted octanol–water partition coefficient (Wildman–Crippen LogP) is 1.19. The number of hydrogen-bond donors (Lipinski definition) is 2. The van der Waals surface area contributed by atoms with Crippen LogP contribution < -0.4 is 15.4 Å². The van der Waals surface area contributed by atoms with Crippen LogP contribution in [0.5, 0.6) is 5.75 Å². The van der Waals surface area contributed by atoms with Crippen molar-refractivity contribution in [1.82, 2.24) is 0 Å². The van der Waals surface area contributed by atoms with E-state index in [1.54, 1.807) is 18.2 Å². The van der Waals surface area contributed by atoms with Crippen molar-refractivity contribution in [2.75, 3.05) is 23.1 Å². The van der Waals surface area contributed by atoms with E-state index in [2.05, 4.69) is 10.6 Å². The van der Waals surface area contributed by atoms with E-state index in [0.29, 0.717) is 17.1 Å². The Morgan fingerprint density at radius 2 is 2.38 bits per heavy atom. The molecule has 84 valence electrons. The monoisotopic (exact) mass is 240 g/mol. The minimum absolute atomic E-state index is 0.0140. The van der Waals surface area contributed by atoms with Crippen LogP contribution in [0.3, 0.4) is 0 Å². The van der Waals surface area contributed by atoms with E-state index in [4.69, 9.17) is 16.3 Å². The Labute approximate surface area is 96.7 Å². The number of ether oxygens (including phenoxy) is 1. The SMILES string of the molecule is O=C(CCl)Nc1ccc2c(c1)OCC(=O)N2. The van der Waals surface area contributed by atoms with E-state index in [1.165, 1.54) is 0 Å². The molecule has 0 radical (unpaired) electrons. The number of benzene rings is 1. The van der Waals surface area contributed by atoms with Gasteiger partial charge in [-0.25, -0.2) is 0 Å². The molecule has 2 rings (SSSR count). The highest BCUT2D eigenvalue weighted by molar-refractivity contribution is 6.29. The zero-order valence-electron chi connectivity index (χ0n) is 8.25. The van der Waals surface area contributed by atoms with Gasteiger partial charge in [-0.05, 0) is 12.1 Å². The third-order valence-electron chi connectivity index (χ3n) is 2.02. The van der Waals surface area contributed by atoms with Crippen LogP contribution in [-0.2, 0) is 9.59 Å². The molecule has 0 saturated heterocycles. The summed E-state index contributed by atoms with van der Waals surface area (Å²) in [6.07, 6.45) is 0. The van der Waals surface area contributed by atoms with Gasteiger partial charge in [-0.15, -0.1) is 11.6 Å². The van der Waals surface area contributed by atoms with Crippen LogP contribution in [0.15, 0.2) is 18.2 Å². The van der Waals surface area contributed by atoms with Crippen molar-refractivity contribution in [2.24, 2.45) is 0 Å². The number of carbonyl (C=O) groups excluding carboxylic acids is 2. The molecule has 0 aliphatic carbocycles. The van der Waals surface area contributed by atoms with Gasteiger partial charge in [-0.3, -0.25) is 9.59 Å². The summed E-state index contributed by atoms with van der Waals surface area (Å²) in [4.78, 5) is 22.1. The van der Waals surface area contributed by atoms with Gasteiger partial charge in [0.1, 0.15) is 11.6 Å². The van der Waals surface area contributed by atoms with Crippen LogP contribution >= 0.6 is 11.6 Å². The Morgan fingerprint density at radius 3 is 3.12 bits per heavy atom. The largest absolute Gasteiger partial charge is 0.482 e. The molecule has 2 N–H and O–H groups in total. The second kappa shape index (κ2) is 4.40. The summed E-state index contributed by atoms with van der Waals surface area (Å²) in [6.45, 7) is -0.0140. The van der Waals surface area contributed by atoms with Crippen LogP contribution in [0.25, 0.3) is 0 Å². The first-order valence-electron chi connectivity index (χ1n) is 4.61. The average Bonchev–Trinajstić information content (AvgIpc) is 2.29. The first-order chi connectivity index (χ1) is 7.69. The molecule has 5 nitrogen and oxygen atoms in total. The van der Waals surface area contributed by atoms with Crippen molar-refractivity contribution < 1.29 is 14.3 Å². The lowest BCUT2D eigenvalue weighted by molar-refractivity contribution is -0.118. The van der Waals surface area contributed by atoms with Crippen molar-refractivity contribution in [3.8, 4) is 5.75 Å². The average molecular weight is 241 g/mol. The van der Waals surface area contributed by atoms with Gasteiger partial charge in [0, 0.05) is 11.8 Å². The lowest BCUT2D eigenvalue weighted by atomic mass is 10.2. The fraction of sp³-hybridized carbons (Fsp3) is 0.200. The quantitative estimate of drug-likeness (QED) is 0.764. The number of anilines is 2. The van der Waals surface area contributed by atoms with E-state index in [9.17, 15) is 9.59 Å². The molecule has 0 atom stereocenters. The summed E-state index contributed by atoms with van der Waals surface area (Å²) < 4.78 is 5.20. The van der Waals surface area contributed by atoms with Crippen molar-refractivity contribution in [3.05, 3.63) is 18.2 Å². The van der Waals surface area contributed by atoms with Gasteiger partial charge in [0.25, 0.3) is 5.91 Å². The Morgan fingerprint density at radius 1 is 1.56 bits per heavy atom. The topological polar surface area (TPSA) is 67.4 Å². The van der Waals surface area contributed by atoms with Gasteiger partial charge >= 0.3 is 0 Å². The molecule has 1 heterocycles. The van der Waals surface area contributed by atoms with E-state index < -0.39 is 0 Å². The zero-order valence-corrected chi connectivity index (χ0v) is 9.00. The molecule has 1 aromatic carbocycles. The van der Waals surface area contributed by atoms with Gasteiger partial charge in [0.05, 0.1) is 5.69 Å². The highest BCUT2D eigenvalue weighted by Crippen LogP contribution is 2.30. The highest BCUT2D eigenvalue weighted by atomic mass is 35.5. The van der Waals surface area contributed by atoms with Crippen LogP contribution in [-0.4, -0.2) is 24.3 Å². The van der Waals surface area contributed by atoms with Crippen molar-refractivity contribution in [3.63, 3.8) is 0 Å². The molecule has 1 aliphatic rings. The standard InChI is InChI=1S/C10H9ClN2O3/c11-4-9(14)12-6-1-2-7-8(3-6)16-5-10(15)13-7/h1-3H,4-5H2,(H,12,14)(H,13,15). The van der Waals surface area contributed by atoms with E-state index >= 15 is 0 Å². The van der Waals surface area contributed by atoms with Gasteiger partial charge in [0.2, 0.25) is 5.91 Å². The van der Waals surface area contributed by atoms with Crippen LogP contribution in [0.4, 0.5) is 11.4 Å². The molecular weight excluding hydrogens is 232 g/mol. The summed E-state index contributed by atoms with van der Waals surface area (Å²) >= 11 is 5.36. The smallest absolute Gasteiger partial charge is 0.262 e. The van der Waals surface area contributed by atoms with Crippen LogP contribution in [0.1, 0.15) is 0 Å². The van der Waals surface area contributed by atoms with Crippen molar-refractivity contribution in [1.29, 1.82) is 0 Å². The molecule has 0 fully saturated rings. The van der Waals surface area contributed by atoms with E-state index in [-0.39, 0.29) is 24.3 Å². The van der Waals surface area contributed by atoms with E-state index in [0.717, 1.165) is 0 Å². The number of rotatable bonds is 2. The number of amides is 2. The molecule has 0 unspecified atom stereocenters. The van der Waals surface area contributed by atoms with Gasteiger partial charge in [0.15, 0.2) is 6.61 Å². The molecule has 6 heteroatoms. The summed E-state index contributed by atoms with van der Waals surface area (Å²) in [6, 6.07) is 4.97. The summed E-state index contributed by atoms with van der Waals surface area (Å²) in [5.74, 6) is -0.0484. The number of carbonyl (C=O) groups is 2. The number of halogens is 1. The molecule has 1 aliphatic heterocycles. The Hall–Kier alpha value is -1.75. The number of alkyl halides is 1. The maximum Gasteiger partial charge on any atom is 0.262 e. The normalized spacial score (nSPS) is 13.4. The first-order valence-corrected chi connectivity index (χ1v) is 5.15. The molecule has 0 aromatic heterocycles. The maximum atomic E-state index is 11.0. The molecule has 1 aromatic rings. The first kappa shape index (κ1) is 10.8. The third kappa shape index (κ3) is 2.25. The lowest BCUT2D eigenvalue weighted by Crippen LogP contribution is -2.25. The van der Waals surface area contributed by atoms with Gasteiger partial charge in [-0.1, -0.05) is 0 Å². The van der Waals surface area contributed by atoms with Gasteiger partial charge in [-0.2, -0.15) is 0 Å². The number of nitrogens with one attached hydrogen (secondary N) is 2. The zero-order chi connectivity index (χ0) is 11.5. The second-order valence-corrected chi connectivity index (χ2v) is 3.50. The van der Waals surface area contributed by atoms with Crippen molar-refractivity contribution in [2.45, 2.75) is 0 Å². The van der Waals surface area contributed by atoms with Gasteiger partial charge < -0.3 is 15.4 Å². The summed E-state index contributed by atoms with van der Waals surface area (Å²) in [7, 11) is 0. The fourth-order valence-corrected chi connectivity index (χ4v) is 1.41. The molecule has 0 saturated carbocycles. The second-order valence-electron chi connectivity index (χ2n) is 3.23. The summed E-state index contributed by atoms with van der Waals surface area (Å²) in [5, 5.41) is 5.24. The number of hydrogen-bond acceptors (Lipinski definition) is 3. The van der Waals surface area contributed by atoms with Crippen LogP contribution in [0, 0.1) is 0 Å². The molecule has 16 heavy (non-hydrogen) atoms. The Balaban J connectivity index is 2.19.